The molecule has 0 radical (unpaired) electrons. The smallest absolute Gasteiger partial charge is 0.269 e. The van der Waals surface area contributed by atoms with Crippen LogP contribution in [0.5, 0.6) is 5.75 Å². The molecule has 0 fully saturated rings. The summed E-state index contributed by atoms with van der Waals surface area (Å²) >= 11 is 5.97. The van der Waals surface area contributed by atoms with E-state index in [4.69, 9.17) is 16.3 Å². The number of carbonyl (C=O) groups excluding carboxylic acids is 3. The summed E-state index contributed by atoms with van der Waals surface area (Å²) in [5.74, 6) is -0.489. The summed E-state index contributed by atoms with van der Waals surface area (Å²) in [6, 6.07) is 20.5. The van der Waals surface area contributed by atoms with Crippen LogP contribution in [0.1, 0.15) is 32.0 Å². The van der Waals surface area contributed by atoms with Gasteiger partial charge in [0.2, 0.25) is 5.91 Å². The second kappa shape index (κ2) is 9.80. The van der Waals surface area contributed by atoms with Crippen molar-refractivity contribution in [3.05, 3.63) is 100 Å². The fourth-order valence-electron chi connectivity index (χ4n) is 3.79. The molecule has 0 aliphatic heterocycles. The maximum atomic E-state index is 13.3. The molecule has 0 aliphatic carbocycles. The molecule has 0 bridgehead atoms. The van der Waals surface area contributed by atoms with Crippen molar-refractivity contribution in [2.45, 2.75) is 13.3 Å². The number of nitrogens with one attached hydrogen (secondary N) is 2. The number of rotatable bonds is 5. The van der Waals surface area contributed by atoms with E-state index >= 15 is 0 Å². The third kappa shape index (κ3) is 4.65. The van der Waals surface area contributed by atoms with Crippen molar-refractivity contribution in [2.24, 2.45) is 0 Å². The molecule has 7 nitrogen and oxygen atoms in total. The highest BCUT2D eigenvalue weighted by Crippen LogP contribution is 2.30. The monoisotopic (exact) mass is 475 g/mol. The van der Waals surface area contributed by atoms with E-state index < -0.39 is 11.8 Å². The van der Waals surface area contributed by atoms with Crippen molar-refractivity contribution in [3.63, 3.8) is 0 Å². The van der Waals surface area contributed by atoms with E-state index in [9.17, 15) is 14.4 Å². The normalized spacial score (nSPS) is 10.7. The quantitative estimate of drug-likeness (QED) is 0.421. The van der Waals surface area contributed by atoms with Crippen LogP contribution >= 0.6 is 11.6 Å². The van der Waals surface area contributed by atoms with Gasteiger partial charge in [-0.25, -0.2) is 0 Å². The molecule has 3 aromatic carbocycles. The Kier molecular flexibility index (Phi) is 6.65. The van der Waals surface area contributed by atoms with Crippen LogP contribution in [-0.2, 0) is 11.2 Å². The summed E-state index contributed by atoms with van der Waals surface area (Å²) in [5, 5.41) is 1.24. The summed E-state index contributed by atoms with van der Waals surface area (Å²) in [5.41, 5.74) is 7.68. The zero-order chi connectivity index (χ0) is 24.2. The Morgan fingerprint density at radius 1 is 0.912 bits per heavy atom. The fourth-order valence-corrected chi connectivity index (χ4v) is 3.91. The number of hydrazine groups is 1. The molecule has 4 aromatic rings. The summed E-state index contributed by atoms with van der Waals surface area (Å²) < 4.78 is 6.92. The maximum absolute atomic E-state index is 13.3. The highest BCUT2D eigenvalue weighted by atomic mass is 35.5. The van der Waals surface area contributed by atoms with Gasteiger partial charge >= 0.3 is 0 Å². The molecule has 172 valence electrons. The van der Waals surface area contributed by atoms with Gasteiger partial charge in [0.05, 0.1) is 19.0 Å². The van der Waals surface area contributed by atoms with Gasteiger partial charge in [-0.15, -0.1) is 0 Å². The van der Waals surface area contributed by atoms with Crippen LogP contribution < -0.4 is 15.6 Å². The van der Waals surface area contributed by atoms with E-state index in [0.29, 0.717) is 44.1 Å². The molecule has 0 aliphatic rings. The molecular formula is C26H22ClN3O4. The van der Waals surface area contributed by atoms with E-state index in [1.54, 1.807) is 91.4 Å². The van der Waals surface area contributed by atoms with Crippen LogP contribution in [0, 0.1) is 6.92 Å². The number of aromatic nitrogens is 1. The standard InChI is InChI=1S/C26H22ClN3O4/c1-16-21(15-24(31)28-29-25(32)17-6-4-3-5-7-17)22-14-20(34-2)12-13-23(22)30(16)26(33)18-8-10-19(27)11-9-18/h3-14H,15H2,1-2H3,(H,28,31)(H,29,32). The van der Waals surface area contributed by atoms with Gasteiger partial charge in [0, 0.05) is 27.2 Å². The predicted octanol–water partition coefficient (Wildman–Crippen LogP) is 4.30. The number of hydrogen-bond acceptors (Lipinski definition) is 4. The van der Waals surface area contributed by atoms with Gasteiger partial charge < -0.3 is 4.74 Å². The molecule has 2 amide bonds. The first kappa shape index (κ1) is 23.1. The third-order valence-corrected chi connectivity index (χ3v) is 5.78. The number of fused-ring (bicyclic) bond motifs is 1. The summed E-state index contributed by atoms with van der Waals surface area (Å²) in [4.78, 5) is 38.3. The van der Waals surface area contributed by atoms with Gasteiger partial charge in [-0.05, 0) is 67.1 Å². The number of benzene rings is 3. The summed E-state index contributed by atoms with van der Waals surface area (Å²) in [6.45, 7) is 1.78. The number of halogens is 1. The number of hydrogen-bond donors (Lipinski definition) is 2. The molecule has 1 aromatic heterocycles. The zero-order valence-corrected chi connectivity index (χ0v) is 19.3. The largest absolute Gasteiger partial charge is 0.497 e. The molecule has 1 heterocycles. The average Bonchev–Trinajstić information content (AvgIpc) is 3.13. The minimum Gasteiger partial charge on any atom is -0.497 e. The summed E-state index contributed by atoms with van der Waals surface area (Å²) in [6.07, 6.45) is -0.0501. The van der Waals surface area contributed by atoms with Crippen molar-refractivity contribution in [1.82, 2.24) is 15.4 Å². The van der Waals surface area contributed by atoms with Crippen LogP contribution in [0.2, 0.25) is 5.02 Å². The lowest BCUT2D eigenvalue weighted by Gasteiger charge is -2.09. The highest BCUT2D eigenvalue weighted by molar-refractivity contribution is 6.30. The lowest BCUT2D eigenvalue weighted by molar-refractivity contribution is -0.121. The van der Waals surface area contributed by atoms with Gasteiger partial charge in [-0.2, -0.15) is 0 Å². The summed E-state index contributed by atoms with van der Waals surface area (Å²) in [7, 11) is 1.55. The van der Waals surface area contributed by atoms with Gasteiger partial charge in [0.15, 0.2) is 0 Å². The molecule has 0 unspecified atom stereocenters. The Morgan fingerprint density at radius 2 is 1.62 bits per heavy atom. The number of nitrogens with zero attached hydrogens (tertiary/aromatic N) is 1. The van der Waals surface area contributed by atoms with Crippen molar-refractivity contribution >= 4 is 40.2 Å². The highest BCUT2D eigenvalue weighted by Gasteiger charge is 2.22. The first-order valence-electron chi connectivity index (χ1n) is 10.5. The van der Waals surface area contributed by atoms with Crippen LogP contribution in [0.4, 0.5) is 0 Å². The number of amides is 2. The number of ether oxygens (including phenoxy) is 1. The van der Waals surface area contributed by atoms with Crippen molar-refractivity contribution < 1.29 is 19.1 Å². The molecule has 2 N–H and O–H groups in total. The Morgan fingerprint density at radius 3 is 2.29 bits per heavy atom. The molecule has 8 heteroatoms. The van der Waals surface area contributed by atoms with Crippen LogP contribution in [-0.4, -0.2) is 29.4 Å². The molecule has 0 atom stereocenters. The van der Waals surface area contributed by atoms with Gasteiger partial charge in [0.25, 0.3) is 11.8 Å². The Labute approximate surface area is 201 Å². The Bertz CT molecular complexity index is 1380. The minimum absolute atomic E-state index is 0.0501. The topological polar surface area (TPSA) is 89.4 Å². The zero-order valence-electron chi connectivity index (χ0n) is 18.6. The fraction of sp³-hybridized carbons (Fsp3) is 0.115. The first-order valence-corrected chi connectivity index (χ1v) is 10.9. The van der Waals surface area contributed by atoms with Crippen LogP contribution in [0.25, 0.3) is 10.9 Å². The predicted molar refractivity (Wildman–Crippen MR) is 130 cm³/mol. The molecule has 4 rings (SSSR count). The van der Waals surface area contributed by atoms with E-state index in [2.05, 4.69) is 10.9 Å². The van der Waals surface area contributed by atoms with Crippen LogP contribution in [0.3, 0.4) is 0 Å². The van der Waals surface area contributed by atoms with E-state index in [-0.39, 0.29) is 12.3 Å². The van der Waals surface area contributed by atoms with Crippen LogP contribution in [0.15, 0.2) is 72.8 Å². The molecule has 34 heavy (non-hydrogen) atoms. The third-order valence-electron chi connectivity index (χ3n) is 5.52. The van der Waals surface area contributed by atoms with E-state index in [0.717, 1.165) is 0 Å². The second-order valence-corrected chi connectivity index (χ2v) is 8.08. The second-order valence-electron chi connectivity index (χ2n) is 7.64. The molecule has 0 saturated heterocycles. The minimum atomic E-state index is -0.423. The Balaban J connectivity index is 1.64. The van der Waals surface area contributed by atoms with Crippen molar-refractivity contribution in [3.8, 4) is 5.75 Å². The number of carbonyl (C=O) groups is 3. The average molecular weight is 476 g/mol. The SMILES string of the molecule is COc1ccc2c(c1)c(CC(=O)NNC(=O)c1ccccc1)c(C)n2C(=O)c1ccc(Cl)cc1. The molecule has 0 saturated carbocycles. The molecule has 0 spiro atoms. The lowest BCUT2D eigenvalue weighted by Crippen LogP contribution is -2.42. The van der Waals surface area contributed by atoms with Crippen molar-refractivity contribution in [1.29, 1.82) is 0 Å². The first-order chi connectivity index (χ1) is 16.4. The van der Waals surface area contributed by atoms with Gasteiger partial charge in [-0.1, -0.05) is 29.8 Å². The number of methoxy groups -OCH3 is 1. The van der Waals surface area contributed by atoms with Gasteiger partial charge in [-0.3, -0.25) is 29.8 Å². The molecular weight excluding hydrogens is 454 g/mol. The Hall–Kier alpha value is -4.10. The van der Waals surface area contributed by atoms with Crippen molar-refractivity contribution in [2.75, 3.05) is 7.11 Å². The van der Waals surface area contributed by atoms with E-state index in [1.807, 2.05) is 0 Å². The van der Waals surface area contributed by atoms with E-state index in [1.165, 1.54) is 0 Å². The lowest BCUT2D eigenvalue weighted by atomic mass is 10.1. The van der Waals surface area contributed by atoms with Gasteiger partial charge in [0.1, 0.15) is 5.75 Å². The maximum Gasteiger partial charge on any atom is 0.269 e.